The van der Waals surface area contributed by atoms with Gasteiger partial charge in [-0.1, -0.05) is 47.5 Å². The third-order valence-electron chi connectivity index (χ3n) is 4.88. The van der Waals surface area contributed by atoms with Gasteiger partial charge in [-0.25, -0.2) is 0 Å². The molecule has 0 aliphatic heterocycles. The number of hydrogen-bond acceptors (Lipinski definition) is 3. The third kappa shape index (κ3) is 5.69. The van der Waals surface area contributed by atoms with Crippen LogP contribution in [0.15, 0.2) is 78.9 Å². The van der Waals surface area contributed by atoms with Crippen LogP contribution in [0, 0.1) is 6.92 Å². The van der Waals surface area contributed by atoms with E-state index in [2.05, 4.69) is 10.4 Å². The lowest BCUT2D eigenvalue weighted by Gasteiger charge is -2.07. The van der Waals surface area contributed by atoms with Crippen LogP contribution in [-0.2, 0) is 13.2 Å². The number of aromatic nitrogens is 2. The van der Waals surface area contributed by atoms with Gasteiger partial charge in [-0.3, -0.25) is 9.48 Å². The van der Waals surface area contributed by atoms with Gasteiger partial charge in [0.05, 0.1) is 6.54 Å². The molecule has 1 N–H and O–H groups in total. The molecule has 0 aliphatic carbocycles. The van der Waals surface area contributed by atoms with Crippen molar-refractivity contribution in [3.05, 3.63) is 111 Å². The summed E-state index contributed by atoms with van der Waals surface area (Å²) in [4.78, 5) is 12.6. The van der Waals surface area contributed by atoms with Crippen LogP contribution in [0.5, 0.6) is 5.75 Å². The normalized spacial score (nSPS) is 10.7. The highest BCUT2D eigenvalue weighted by molar-refractivity contribution is 6.30. The van der Waals surface area contributed by atoms with Gasteiger partial charge in [-0.2, -0.15) is 5.10 Å². The maximum absolute atomic E-state index is 12.6. The van der Waals surface area contributed by atoms with Crippen molar-refractivity contribution in [1.29, 1.82) is 0 Å². The monoisotopic (exact) mass is 465 g/mol. The minimum atomic E-state index is -0.220. The number of hydrogen-bond donors (Lipinski definition) is 1. The Labute approximate surface area is 196 Å². The van der Waals surface area contributed by atoms with E-state index in [-0.39, 0.29) is 5.91 Å². The van der Waals surface area contributed by atoms with Crippen LogP contribution in [-0.4, -0.2) is 15.7 Å². The first-order valence-electron chi connectivity index (χ1n) is 10.0. The summed E-state index contributed by atoms with van der Waals surface area (Å²) >= 11 is 11.9. The van der Waals surface area contributed by atoms with Crippen LogP contribution in [0.1, 0.15) is 27.2 Å². The molecule has 0 unspecified atom stereocenters. The molecule has 1 heterocycles. The van der Waals surface area contributed by atoms with E-state index in [1.165, 1.54) is 0 Å². The van der Waals surface area contributed by atoms with Gasteiger partial charge in [0.2, 0.25) is 0 Å². The van der Waals surface area contributed by atoms with Crippen molar-refractivity contribution < 1.29 is 9.53 Å². The fourth-order valence-corrected chi connectivity index (χ4v) is 3.52. The summed E-state index contributed by atoms with van der Waals surface area (Å²) in [6.45, 7) is 2.92. The highest BCUT2D eigenvalue weighted by Gasteiger charge is 2.11. The highest BCUT2D eigenvalue weighted by Crippen LogP contribution is 2.18. The number of amides is 1. The second-order valence-electron chi connectivity index (χ2n) is 7.35. The molecule has 0 radical (unpaired) electrons. The standard InChI is InChI=1S/C25H21Cl2N3O2/c1-17-13-24(29-30(17)15-19-3-2-4-22(27)14-19)28-25(31)20-7-5-18(6-8-20)16-32-23-11-9-21(26)10-12-23/h2-14H,15-16H2,1H3,(H,28,29,31). The number of rotatable bonds is 7. The van der Waals surface area contributed by atoms with Crippen LogP contribution in [0.25, 0.3) is 0 Å². The molecule has 5 nitrogen and oxygen atoms in total. The average Bonchev–Trinajstić information content (AvgIpc) is 3.12. The second kappa shape index (κ2) is 9.90. The molecule has 0 aliphatic rings. The molecule has 4 aromatic rings. The molecule has 0 fully saturated rings. The van der Waals surface area contributed by atoms with Gasteiger partial charge in [0.25, 0.3) is 5.91 Å². The molecule has 1 aromatic heterocycles. The molecule has 0 spiro atoms. The Bertz CT molecular complexity index is 1220. The van der Waals surface area contributed by atoms with Gasteiger partial charge >= 0.3 is 0 Å². The van der Waals surface area contributed by atoms with Crippen molar-refractivity contribution in [2.45, 2.75) is 20.1 Å². The zero-order chi connectivity index (χ0) is 22.5. The topological polar surface area (TPSA) is 56.1 Å². The molecule has 4 rings (SSSR count). The number of anilines is 1. The Balaban J connectivity index is 1.36. The van der Waals surface area contributed by atoms with Crippen LogP contribution < -0.4 is 10.1 Å². The maximum atomic E-state index is 12.6. The van der Waals surface area contributed by atoms with Gasteiger partial charge in [0, 0.05) is 27.4 Å². The third-order valence-corrected chi connectivity index (χ3v) is 5.37. The molecule has 162 valence electrons. The van der Waals surface area contributed by atoms with Crippen molar-refractivity contribution in [1.82, 2.24) is 9.78 Å². The van der Waals surface area contributed by atoms with E-state index in [0.717, 1.165) is 22.6 Å². The number of carbonyl (C=O) groups excluding carboxylic acids is 1. The van der Waals surface area contributed by atoms with Gasteiger partial charge in [0.15, 0.2) is 5.82 Å². The van der Waals surface area contributed by atoms with Crippen molar-refractivity contribution in [3.63, 3.8) is 0 Å². The average molecular weight is 466 g/mol. The predicted molar refractivity (Wildman–Crippen MR) is 128 cm³/mol. The zero-order valence-electron chi connectivity index (χ0n) is 17.4. The van der Waals surface area contributed by atoms with Crippen LogP contribution in [0.2, 0.25) is 10.0 Å². The van der Waals surface area contributed by atoms with E-state index in [1.54, 1.807) is 24.3 Å². The quantitative estimate of drug-likeness (QED) is 0.344. The van der Waals surface area contributed by atoms with Gasteiger partial charge in [0.1, 0.15) is 12.4 Å². The number of benzene rings is 3. The Hall–Kier alpha value is -3.28. The molecule has 0 atom stereocenters. The van der Waals surface area contributed by atoms with Crippen LogP contribution in [0.4, 0.5) is 5.82 Å². The largest absolute Gasteiger partial charge is 0.489 e. The molecule has 0 bridgehead atoms. The first-order chi connectivity index (χ1) is 15.5. The zero-order valence-corrected chi connectivity index (χ0v) is 18.9. The maximum Gasteiger partial charge on any atom is 0.256 e. The summed E-state index contributed by atoms with van der Waals surface area (Å²) in [7, 11) is 0. The molecule has 32 heavy (non-hydrogen) atoms. The number of carbonyl (C=O) groups is 1. The summed E-state index contributed by atoms with van der Waals surface area (Å²) in [6.07, 6.45) is 0. The summed E-state index contributed by atoms with van der Waals surface area (Å²) < 4.78 is 7.57. The molecular weight excluding hydrogens is 445 g/mol. The lowest BCUT2D eigenvalue weighted by Crippen LogP contribution is -2.13. The Morgan fingerprint density at radius 2 is 1.69 bits per heavy atom. The van der Waals surface area contributed by atoms with E-state index in [9.17, 15) is 4.79 Å². The summed E-state index contributed by atoms with van der Waals surface area (Å²) in [5.74, 6) is 1.02. The number of ether oxygens (including phenoxy) is 1. The van der Waals surface area contributed by atoms with Crippen molar-refractivity contribution in [2.24, 2.45) is 0 Å². The van der Waals surface area contributed by atoms with Crippen LogP contribution >= 0.6 is 23.2 Å². The summed E-state index contributed by atoms with van der Waals surface area (Å²) in [5.41, 5.74) is 3.48. The summed E-state index contributed by atoms with van der Waals surface area (Å²) in [6, 6.07) is 23.9. The van der Waals surface area contributed by atoms with Crippen LogP contribution in [0.3, 0.4) is 0 Å². The number of aryl methyl sites for hydroxylation is 1. The Morgan fingerprint density at radius 1 is 0.938 bits per heavy atom. The first-order valence-corrected chi connectivity index (χ1v) is 10.8. The van der Waals surface area contributed by atoms with Gasteiger partial charge < -0.3 is 10.1 Å². The van der Waals surface area contributed by atoms with E-state index in [0.29, 0.717) is 34.6 Å². The molecule has 7 heteroatoms. The van der Waals surface area contributed by atoms with Gasteiger partial charge in [-0.15, -0.1) is 0 Å². The lowest BCUT2D eigenvalue weighted by molar-refractivity contribution is 0.102. The molecule has 3 aromatic carbocycles. The lowest BCUT2D eigenvalue weighted by atomic mass is 10.1. The molecule has 0 saturated heterocycles. The van der Waals surface area contributed by atoms with Crippen molar-refractivity contribution >= 4 is 34.9 Å². The van der Waals surface area contributed by atoms with Gasteiger partial charge in [-0.05, 0) is 66.6 Å². The number of nitrogens with zero attached hydrogens (tertiary/aromatic N) is 2. The molecule has 0 saturated carbocycles. The fraction of sp³-hybridized carbons (Fsp3) is 0.120. The fourth-order valence-electron chi connectivity index (χ4n) is 3.18. The van der Waals surface area contributed by atoms with Crippen molar-refractivity contribution in [2.75, 3.05) is 5.32 Å². The number of nitrogens with one attached hydrogen (secondary N) is 1. The SMILES string of the molecule is Cc1cc(NC(=O)c2ccc(COc3ccc(Cl)cc3)cc2)nn1Cc1cccc(Cl)c1. The molecule has 1 amide bonds. The van der Waals surface area contributed by atoms with E-state index < -0.39 is 0 Å². The Morgan fingerprint density at radius 3 is 2.41 bits per heavy atom. The minimum absolute atomic E-state index is 0.220. The smallest absolute Gasteiger partial charge is 0.256 e. The predicted octanol–water partition coefficient (Wildman–Crippen LogP) is 6.38. The highest BCUT2D eigenvalue weighted by atomic mass is 35.5. The number of halogens is 2. The second-order valence-corrected chi connectivity index (χ2v) is 8.23. The first kappa shape index (κ1) is 21.9. The summed E-state index contributed by atoms with van der Waals surface area (Å²) in [5, 5.41) is 8.70. The van der Waals surface area contributed by atoms with E-state index in [1.807, 2.05) is 66.2 Å². The molecular formula is C25H21Cl2N3O2. The van der Waals surface area contributed by atoms with Crippen molar-refractivity contribution in [3.8, 4) is 5.75 Å². The Kier molecular flexibility index (Phi) is 6.78. The van der Waals surface area contributed by atoms with E-state index >= 15 is 0 Å². The minimum Gasteiger partial charge on any atom is -0.489 e. The van der Waals surface area contributed by atoms with E-state index in [4.69, 9.17) is 27.9 Å².